The van der Waals surface area contributed by atoms with Crippen LogP contribution in [0.3, 0.4) is 0 Å². The second-order valence-electron chi connectivity index (χ2n) is 7.40. The number of nitrogens with zero attached hydrogens (tertiary/aromatic N) is 2. The van der Waals surface area contributed by atoms with Crippen molar-refractivity contribution in [2.45, 2.75) is 4.90 Å². The van der Waals surface area contributed by atoms with Crippen LogP contribution in [-0.4, -0.2) is 25.5 Å². The Labute approximate surface area is 214 Å². The number of ether oxygens (including phenoxy) is 1. The van der Waals surface area contributed by atoms with E-state index in [4.69, 9.17) is 22.9 Å². The molecule has 0 saturated carbocycles. The number of carbonyl (C=O) groups is 1. The molecule has 0 atom stereocenters. The van der Waals surface area contributed by atoms with Gasteiger partial charge in [0.1, 0.15) is 0 Å². The molecular weight excluding hydrogens is 524 g/mol. The van der Waals surface area contributed by atoms with E-state index in [1.54, 1.807) is 23.6 Å². The lowest BCUT2D eigenvalue weighted by Crippen LogP contribution is -2.14. The van der Waals surface area contributed by atoms with Crippen LogP contribution in [0.25, 0.3) is 37.4 Å². The van der Waals surface area contributed by atoms with Gasteiger partial charge in [0, 0.05) is 21.5 Å². The number of hydrogen-bond donors (Lipinski definition) is 0. The maximum absolute atomic E-state index is 14.1. The predicted octanol–water partition coefficient (Wildman–Crippen LogP) is 7.33. The van der Waals surface area contributed by atoms with Crippen molar-refractivity contribution in [3.63, 3.8) is 0 Å². The van der Waals surface area contributed by atoms with Crippen LogP contribution in [0.1, 0.15) is 10.4 Å². The molecule has 0 aliphatic carbocycles. The molecule has 0 unspecified atom stereocenters. The molecule has 0 aliphatic heterocycles. The first kappa shape index (κ1) is 23.3. The summed E-state index contributed by atoms with van der Waals surface area (Å²) >= 11 is 8.67. The first-order valence-electron chi connectivity index (χ1n) is 10.1. The Bertz CT molecular complexity index is 1730. The predicted molar refractivity (Wildman–Crippen MR) is 140 cm³/mol. The zero-order valence-electron chi connectivity index (χ0n) is 18.1. The summed E-state index contributed by atoms with van der Waals surface area (Å²) in [4.78, 5) is 16.8. The van der Waals surface area contributed by atoms with Gasteiger partial charge in [0.25, 0.3) is 10.0 Å². The molecule has 0 N–H and O–H groups in total. The van der Waals surface area contributed by atoms with Crippen molar-refractivity contribution < 1.29 is 17.9 Å². The Balaban J connectivity index is 1.97. The molecule has 0 aliphatic rings. The summed E-state index contributed by atoms with van der Waals surface area (Å²) in [5.74, 6) is -0.542. The number of halogens is 1. The molecule has 0 spiro atoms. The molecule has 0 bridgehead atoms. The highest BCUT2D eigenvalue weighted by atomic mass is 35.5. The molecule has 5 aromatic rings. The smallest absolute Gasteiger partial charge is 0.337 e. The van der Waals surface area contributed by atoms with Crippen LogP contribution in [0.4, 0.5) is 5.00 Å². The van der Waals surface area contributed by atoms with Crippen molar-refractivity contribution in [3.8, 4) is 21.7 Å². The van der Waals surface area contributed by atoms with Crippen molar-refractivity contribution >= 4 is 66.2 Å². The first-order chi connectivity index (χ1) is 16.9. The first-order valence-corrected chi connectivity index (χ1v) is 13.7. The minimum atomic E-state index is -4.09. The summed E-state index contributed by atoms with van der Waals surface area (Å²) in [6.07, 6.45) is 0. The summed E-state index contributed by atoms with van der Waals surface area (Å²) in [6.45, 7) is 7.65. The fraction of sp³-hybridized carbons (Fsp3) is 0.0400. The third-order valence-electron chi connectivity index (χ3n) is 5.47. The van der Waals surface area contributed by atoms with E-state index in [0.717, 1.165) is 0 Å². The third kappa shape index (κ3) is 3.85. The summed E-state index contributed by atoms with van der Waals surface area (Å²) in [7, 11) is -2.80. The van der Waals surface area contributed by atoms with Crippen LogP contribution in [-0.2, 0) is 14.8 Å². The van der Waals surface area contributed by atoms with Gasteiger partial charge in [-0.15, -0.1) is 11.3 Å². The van der Waals surface area contributed by atoms with Crippen molar-refractivity contribution in [1.82, 2.24) is 3.97 Å². The quantitative estimate of drug-likeness (QED) is 0.173. The van der Waals surface area contributed by atoms with E-state index in [9.17, 15) is 13.2 Å². The average Bonchev–Trinajstić information content (AvgIpc) is 3.61. The Hall–Kier alpha value is -3.42. The number of thiophene rings is 2. The van der Waals surface area contributed by atoms with Crippen molar-refractivity contribution in [2.24, 2.45) is 0 Å². The lowest BCUT2D eigenvalue weighted by molar-refractivity contribution is 0.0601. The van der Waals surface area contributed by atoms with Crippen molar-refractivity contribution in [1.29, 1.82) is 0 Å². The number of carbonyl (C=O) groups excluding carboxylic acids is 1. The normalized spacial score (nSPS) is 11.5. The molecular formula is C25H15ClN2O4S3. The number of benzene rings is 2. The Morgan fingerprint density at radius 3 is 2.49 bits per heavy atom. The second-order valence-corrected chi connectivity index (χ2v) is 11.5. The van der Waals surface area contributed by atoms with Crippen LogP contribution in [0.2, 0.25) is 5.02 Å². The minimum Gasteiger partial charge on any atom is -0.465 e. The number of esters is 1. The Kier molecular flexibility index (Phi) is 5.99. The van der Waals surface area contributed by atoms with Gasteiger partial charge >= 0.3 is 5.97 Å². The van der Waals surface area contributed by atoms with E-state index < -0.39 is 16.0 Å². The van der Waals surface area contributed by atoms with Gasteiger partial charge in [0.05, 0.1) is 40.2 Å². The van der Waals surface area contributed by atoms with Gasteiger partial charge in [-0.25, -0.2) is 22.0 Å². The lowest BCUT2D eigenvalue weighted by Gasteiger charge is -2.12. The molecule has 2 aromatic carbocycles. The third-order valence-corrected chi connectivity index (χ3v) is 9.13. The second kappa shape index (κ2) is 8.98. The van der Waals surface area contributed by atoms with Crippen LogP contribution in [0.15, 0.2) is 76.3 Å². The molecule has 0 saturated heterocycles. The maximum Gasteiger partial charge on any atom is 0.337 e. The molecule has 0 amide bonds. The van der Waals surface area contributed by atoms with Gasteiger partial charge in [0.15, 0.2) is 0 Å². The van der Waals surface area contributed by atoms with Crippen LogP contribution in [0.5, 0.6) is 0 Å². The molecule has 0 fully saturated rings. The van der Waals surface area contributed by atoms with E-state index >= 15 is 0 Å². The van der Waals surface area contributed by atoms with Crippen LogP contribution >= 0.6 is 34.3 Å². The van der Waals surface area contributed by atoms with Crippen molar-refractivity contribution in [3.05, 3.63) is 93.4 Å². The van der Waals surface area contributed by atoms with E-state index in [1.165, 1.54) is 64.1 Å². The number of hydrogen-bond acceptors (Lipinski definition) is 6. The standard InChI is InChI=1S/C25H15ClN2O4S3/c1-27-24-18(11-13-34-24)22-19-14-15(25(29)32-2)5-10-20(19)28(23(22)21-4-3-12-33-21)35(30,31)17-8-6-16(26)7-9-17/h3-14H,2H3. The maximum atomic E-state index is 14.1. The number of methoxy groups -OCH3 is 1. The molecule has 35 heavy (non-hydrogen) atoms. The van der Waals surface area contributed by atoms with Gasteiger partial charge in [-0.1, -0.05) is 23.7 Å². The number of rotatable bonds is 5. The lowest BCUT2D eigenvalue weighted by atomic mass is 10.0. The highest BCUT2D eigenvalue weighted by Crippen LogP contribution is 2.48. The van der Waals surface area contributed by atoms with Gasteiger partial charge < -0.3 is 4.74 Å². The largest absolute Gasteiger partial charge is 0.465 e. The number of aromatic nitrogens is 1. The molecule has 174 valence electrons. The van der Waals surface area contributed by atoms with Crippen LogP contribution in [0, 0.1) is 6.57 Å². The molecule has 10 heteroatoms. The van der Waals surface area contributed by atoms with Crippen LogP contribution < -0.4 is 0 Å². The van der Waals surface area contributed by atoms with E-state index in [2.05, 4.69) is 4.85 Å². The number of fused-ring (bicyclic) bond motifs is 1. The summed E-state index contributed by atoms with van der Waals surface area (Å²) in [5.41, 5.74) is 2.26. The highest BCUT2D eigenvalue weighted by Gasteiger charge is 2.30. The van der Waals surface area contributed by atoms with E-state index in [1.807, 2.05) is 17.5 Å². The van der Waals surface area contributed by atoms with Gasteiger partial charge in [-0.05, 0) is 59.3 Å². The Morgan fingerprint density at radius 2 is 1.83 bits per heavy atom. The molecule has 3 aromatic heterocycles. The molecule has 0 radical (unpaired) electrons. The highest BCUT2D eigenvalue weighted by molar-refractivity contribution is 7.90. The minimum absolute atomic E-state index is 0.0657. The van der Waals surface area contributed by atoms with E-state index in [0.29, 0.717) is 42.6 Å². The topological polar surface area (TPSA) is 69.7 Å². The Morgan fingerprint density at radius 1 is 1.06 bits per heavy atom. The zero-order chi connectivity index (χ0) is 24.7. The SMILES string of the molecule is [C-]#[N+]c1sccc1-c1c(-c2cccs2)n(S(=O)(=O)c2ccc(Cl)cc2)c2ccc(C(=O)OC)cc12. The fourth-order valence-corrected chi connectivity index (χ4v) is 7.13. The summed E-state index contributed by atoms with van der Waals surface area (Å²) < 4.78 is 34.3. The molecule has 6 nitrogen and oxygen atoms in total. The monoisotopic (exact) mass is 538 g/mol. The molecule has 3 heterocycles. The van der Waals surface area contributed by atoms with Crippen molar-refractivity contribution in [2.75, 3.05) is 7.11 Å². The fourth-order valence-electron chi connectivity index (χ4n) is 3.96. The summed E-state index contributed by atoms with van der Waals surface area (Å²) in [5, 5.41) is 5.02. The van der Waals surface area contributed by atoms with E-state index in [-0.39, 0.29) is 10.5 Å². The van der Waals surface area contributed by atoms with Gasteiger partial charge in [-0.3, -0.25) is 0 Å². The summed E-state index contributed by atoms with van der Waals surface area (Å²) in [6, 6.07) is 16.2. The van der Waals surface area contributed by atoms with Gasteiger partial charge in [-0.2, -0.15) is 11.3 Å². The zero-order valence-corrected chi connectivity index (χ0v) is 21.3. The van der Waals surface area contributed by atoms with Gasteiger partial charge in [0.2, 0.25) is 5.00 Å². The average molecular weight is 539 g/mol. The molecule has 5 rings (SSSR count).